The van der Waals surface area contributed by atoms with Crippen molar-refractivity contribution in [2.75, 3.05) is 6.61 Å². The molecule has 0 heterocycles. The van der Waals surface area contributed by atoms with Crippen LogP contribution in [-0.4, -0.2) is 17.3 Å². The topological polar surface area (TPSA) is 72.5 Å². The molecule has 4 nitrogen and oxygen atoms in total. The van der Waals surface area contributed by atoms with Gasteiger partial charge in [-0.25, -0.2) is 0 Å². The van der Waals surface area contributed by atoms with Crippen molar-refractivity contribution in [1.82, 2.24) is 0 Å². The second-order valence-corrected chi connectivity index (χ2v) is 5.42. The van der Waals surface area contributed by atoms with Gasteiger partial charge in [-0.3, -0.25) is 4.57 Å². The molecule has 0 bridgehead atoms. The van der Waals surface area contributed by atoms with Gasteiger partial charge in [0.2, 0.25) is 0 Å². The van der Waals surface area contributed by atoms with E-state index in [4.69, 9.17) is 15.2 Å². The molecular formula is C10H26NO3P. The van der Waals surface area contributed by atoms with Gasteiger partial charge in [-0.1, -0.05) is 40.5 Å². The zero-order chi connectivity index (χ0) is 12.3. The fraction of sp³-hybridized carbons (Fsp3) is 1.00. The van der Waals surface area contributed by atoms with Gasteiger partial charge in [0, 0.05) is 0 Å². The van der Waals surface area contributed by atoms with E-state index in [9.17, 15) is 4.57 Å². The summed E-state index contributed by atoms with van der Waals surface area (Å²) in [4.78, 5) is 9.12. The lowest BCUT2D eigenvalue weighted by Gasteiger charge is -2.16. The Balaban J connectivity index is 0. The Hall–Kier alpha value is 0.110. The van der Waals surface area contributed by atoms with E-state index in [1.807, 2.05) is 6.92 Å². The van der Waals surface area contributed by atoms with E-state index < -0.39 is 13.4 Å². The summed E-state index contributed by atoms with van der Waals surface area (Å²) in [7, 11) is -3.52. The lowest BCUT2D eigenvalue weighted by molar-refractivity contribution is 0.250. The Bertz CT molecular complexity index is 174. The van der Waals surface area contributed by atoms with Gasteiger partial charge in [-0.05, 0) is 12.8 Å². The summed E-state index contributed by atoms with van der Waals surface area (Å²) in [5.74, 6) is -0.742. The van der Waals surface area contributed by atoms with Crippen LogP contribution in [-0.2, 0) is 9.09 Å². The van der Waals surface area contributed by atoms with Crippen LogP contribution in [0.1, 0.15) is 53.4 Å². The first-order valence-electron chi connectivity index (χ1n) is 5.68. The molecule has 15 heavy (non-hydrogen) atoms. The molecule has 2 unspecified atom stereocenters. The van der Waals surface area contributed by atoms with Crippen molar-refractivity contribution in [3.8, 4) is 0 Å². The van der Waals surface area contributed by atoms with Gasteiger partial charge in [0.1, 0.15) is 5.78 Å². The monoisotopic (exact) mass is 239 g/mol. The quantitative estimate of drug-likeness (QED) is 0.698. The van der Waals surface area contributed by atoms with Crippen molar-refractivity contribution < 1.29 is 14.0 Å². The SMILES string of the molecule is CCCC.CCCOP(=O)(O)C(N)CC. The van der Waals surface area contributed by atoms with Gasteiger partial charge < -0.3 is 15.2 Å². The molecule has 0 aliphatic carbocycles. The zero-order valence-corrected chi connectivity index (χ0v) is 11.3. The molecule has 0 radical (unpaired) electrons. The smallest absolute Gasteiger partial charge is 0.323 e. The van der Waals surface area contributed by atoms with Crippen LogP contribution >= 0.6 is 7.60 Å². The van der Waals surface area contributed by atoms with Crippen molar-refractivity contribution >= 4 is 7.60 Å². The number of hydrogen-bond acceptors (Lipinski definition) is 3. The van der Waals surface area contributed by atoms with Crippen molar-refractivity contribution in [2.24, 2.45) is 5.73 Å². The first-order chi connectivity index (χ1) is 6.96. The van der Waals surface area contributed by atoms with E-state index >= 15 is 0 Å². The molecule has 0 aromatic rings. The summed E-state index contributed by atoms with van der Waals surface area (Å²) < 4.78 is 15.8. The van der Waals surface area contributed by atoms with Crippen LogP contribution in [0.3, 0.4) is 0 Å². The van der Waals surface area contributed by atoms with Gasteiger partial charge in [-0.2, -0.15) is 0 Å². The molecule has 0 saturated carbocycles. The van der Waals surface area contributed by atoms with Crippen molar-refractivity contribution in [1.29, 1.82) is 0 Å². The first kappa shape index (κ1) is 17.5. The Morgan fingerprint density at radius 1 is 1.20 bits per heavy atom. The van der Waals surface area contributed by atoms with Crippen molar-refractivity contribution in [3.63, 3.8) is 0 Å². The molecule has 3 N–H and O–H groups in total. The largest absolute Gasteiger partial charge is 0.344 e. The number of unbranched alkanes of at least 4 members (excludes halogenated alkanes) is 1. The van der Waals surface area contributed by atoms with E-state index in [-0.39, 0.29) is 0 Å². The lowest BCUT2D eigenvalue weighted by atomic mass is 10.4. The molecule has 0 saturated heterocycles. The Morgan fingerprint density at radius 3 is 1.93 bits per heavy atom. The number of rotatable bonds is 6. The van der Waals surface area contributed by atoms with E-state index in [1.165, 1.54) is 12.8 Å². The van der Waals surface area contributed by atoms with Gasteiger partial charge in [0.05, 0.1) is 6.61 Å². The highest BCUT2D eigenvalue weighted by atomic mass is 31.2. The maximum atomic E-state index is 11.1. The highest BCUT2D eigenvalue weighted by molar-refractivity contribution is 7.53. The fourth-order valence-corrected chi connectivity index (χ4v) is 1.65. The van der Waals surface area contributed by atoms with Gasteiger partial charge in [0.25, 0.3) is 0 Å². The third kappa shape index (κ3) is 10.4. The summed E-state index contributed by atoms with van der Waals surface area (Å²) in [6.07, 6.45) is 3.82. The third-order valence-electron chi connectivity index (χ3n) is 1.82. The molecular weight excluding hydrogens is 213 g/mol. The predicted octanol–water partition coefficient (Wildman–Crippen LogP) is 3.10. The van der Waals surface area contributed by atoms with Crippen LogP contribution < -0.4 is 5.73 Å². The minimum absolute atomic E-state index is 0.293. The highest BCUT2D eigenvalue weighted by Crippen LogP contribution is 2.46. The van der Waals surface area contributed by atoms with Gasteiger partial charge in [-0.15, -0.1) is 0 Å². The molecule has 0 amide bonds. The van der Waals surface area contributed by atoms with Gasteiger partial charge >= 0.3 is 7.60 Å². The average Bonchev–Trinajstić information content (AvgIpc) is 2.25. The molecule has 0 aromatic heterocycles. The van der Waals surface area contributed by atoms with E-state index in [0.717, 1.165) is 6.42 Å². The summed E-state index contributed by atoms with van der Waals surface area (Å²) in [6, 6.07) is 0. The molecule has 0 aromatic carbocycles. The Morgan fingerprint density at radius 2 is 1.67 bits per heavy atom. The second kappa shape index (κ2) is 10.6. The fourth-order valence-electron chi connectivity index (χ4n) is 0.549. The summed E-state index contributed by atoms with van der Waals surface area (Å²) in [5.41, 5.74) is 5.35. The molecule has 0 spiro atoms. The molecule has 5 heteroatoms. The van der Waals surface area contributed by atoms with Crippen LogP contribution in [0.4, 0.5) is 0 Å². The highest BCUT2D eigenvalue weighted by Gasteiger charge is 2.26. The van der Waals surface area contributed by atoms with Crippen LogP contribution in [0.15, 0.2) is 0 Å². The number of hydrogen-bond donors (Lipinski definition) is 2. The van der Waals surface area contributed by atoms with E-state index in [1.54, 1.807) is 6.92 Å². The van der Waals surface area contributed by atoms with Crippen LogP contribution in [0, 0.1) is 0 Å². The molecule has 0 aliphatic heterocycles. The standard InChI is InChI=1S/C6H16NO3P.C4H10/c1-3-5-10-11(8,9)6(7)4-2;1-3-4-2/h6H,3-5,7H2,1-2H3,(H,8,9);3-4H2,1-2H3. The van der Waals surface area contributed by atoms with Crippen LogP contribution in [0.5, 0.6) is 0 Å². The maximum Gasteiger partial charge on any atom is 0.344 e. The van der Waals surface area contributed by atoms with E-state index in [0.29, 0.717) is 13.0 Å². The first-order valence-corrected chi connectivity index (χ1v) is 7.33. The maximum absolute atomic E-state index is 11.1. The minimum Gasteiger partial charge on any atom is -0.323 e. The summed E-state index contributed by atoms with van der Waals surface area (Å²) >= 11 is 0. The van der Waals surface area contributed by atoms with Crippen molar-refractivity contribution in [3.05, 3.63) is 0 Å². The average molecular weight is 239 g/mol. The normalized spacial score (nSPS) is 16.1. The predicted molar refractivity (Wildman–Crippen MR) is 64.9 cm³/mol. The van der Waals surface area contributed by atoms with Gasteiger partial charge in [0.15, 0.2) is 0 Å². The third-order valence-corrected chi connectivity index (χ3v) is 3.57. The summed E-state index contributed by atoms with van der Waals surface area (Å²) in [5, 5.41) is 0. The molecule has 0 fully saturated rings. The van der Waals surface area contributed by atoms with Crippen molar-refractivity contribution in [2.45, 2.75) is 59.2 Å². The zero-order valence-electron chi connectivity index (χ0n) is 10.4. The molecule has 0 rings (SSSR count). The van der Waals surface area contributed by atoms with Crippen LogP contribution in [0.2, 0.25) is 0 Å². The minimum atomic E-state index is -3.52. The molecule has 0 aliphatic rings. The number of nitrogens with two attached hydrogens (primary N) is 1. The summed E-state index contributed by atoms with van der Waals surface area (Å²) in [6.45, 7) is 8.28. The second-order valence-electron chi connectivity index (χ2n) is 3.37. The Kier molecular flexibility index (Phi) is 12.4. The Labute approximate surface area is 93.7 Å². The molecule has 94 valence electrons. The van der Waals surface area contributed by atoms with Crippen LogP contribution in [0.25, 0.3) is 0 Å². The lowest BCUT2D eigenvalue weighted by Crippen LogP contribution is -2.20. The molecule has 2 atom stereocenters. The van der Waals surface area contributed by atoms with E-state index in [2.05, 4.69) is 13.8 Å².